The number of morpholine rings is 1. The molecule has 2 aliphatic heterocycles. The van der Waals surface area contributed by atoms with E-state index in [2.05, 4.69) is 25.2 Å². The van der Waals surface area contributed by atoms with E-state index in [1.807, 2.05) is 35.2 Å². The molecule has 2 fully saturated rings. The quantitative estimate of drug-likeness (QED) is 0.484. The lowest BCUT2D eigenvalue weighted by molar-refractivity contribution is 0.122. The molecule has 5 rings (SSSR count). The summed E-state index contributed by atoms with van der Waals surface area (Å²) in [5.74, 6) is 1.97. The molecule has 0 saturated carbocycles. The maximum Gasteiger partial charge on any atom is 0.321 e. The fourth-order valence-corrected chi connectivity index (χ4v) is 4.74. The molecule has 0 bridgehead atoms. The van der Waals surface area contributed by atoms with Crippen LogP contribution in [0.1, 0.15) is 30.9 Å². The van der Waals surface area contributed by atoms with Crippen molar-refractivity contribution >= 4 is 28.4 Å². The lowest BCUT2D eigenvalue weighted by Crippen LogP contribution is -2.40. The summed E-state index contributed by atoms with van der Waals surface area (Å²) in [6.07, 6.45) is 5.85. The maximum absolute atomic E-state index is 12.9. The number of benzene rings is 1. The van der Waals surface area contributed by atoms with Gasteiger partial charge in [0.2, 0.25) is 0 Å². The Balaban J connectivity index is 1.17. The van der Waals surface area contributed by atoms with E-state index in [0.717, 1.165) is 60.5 Å². The first kappa shape index (κ1) is 24.2. The monoisotopic (exact) mass is 491 g/mol. The average molecular weight is 492 g/mol. The molecule has 2 aromatic heterocycles. The molecule has 0 radical (unpaired) electrons. The summed E-state index contributed by atoms with van der Waals surface area (Å²) in [6.45, 7) is 5.63. The van der Waals surface area contributed by atoms with Gasteiger partial charge in [-0.05, 0) is 50.1 Å². The predicted molar refractivity (Wildman–Crippen MR) is 139 cm³/mol. The third kappa shape index (κ3) is 5.66. The van der Waals surface area contributed by atoms with Crippen LogP contribution >= 0.6 is 0 Å². The Morgan fingerprint density at radius 2 is 1.92 bits per heavy atom. The van der Waals surface area contributed by atoms with E-state index in [-0.39, 0.29) is 11.9 Å². The highest BCUT2D eigenvalue weighted by Gasteiger charge is 2.26. The van der Waals surface area contributed by atoms with Crippen LogP contribution in [-0.4, -0.2) is 78.4 Å². The summed E-state index contributed by atoms with van der Waals surface area (Å²) < 4.78 is 11.2. The van der Waals surface area contributed by atoms with Gasteiger partial charge < -0.3 is 30.3 Å². The van der Waals surface area contributed by atoms with Gasteiger partial charge in [-0.1, -0.05) is 0 Å². The number of rotatable bonds is 7. The number of hydrogen-bond donors (Lipinski definition) is 2. The van der Waals surface area contributed by atoms with E-state index in [1.54, 1.807) is 12.5 Å². The number of anilines is 2. The number of likely N-dealkylation sites (tertiary alicyclic amines) is 1. The zero-order valence-corrected chi connectivity index (χ0v) is 20.4. The Bertz CT molecular complexity index is 1160. The van der Waals surface area contributed by atoms with Crippen LogP contribution < -0.4 is 20.7 Å². The molecule has 2 aliphatic rings. The van der Waals surface area contributed by atoms with Crippen LogP contribution in [0.3, 0.4) is 0 Å². The number of fused-ring (bicyclic) bond motifs is 1. The van der Waals surface area contributed by atoms with E-state index < -0.39 is 0 Å². The van der Waals surface area contributed by atoms with Gasteiger partial charge in [0, 0.05) is 43.5 Å². The number of ether oxygens (including phenoxy) is 2. The third-order valence-corrected chi connectivity index (χ3v) is 6.76. The Labute approximate surface area is 210 Å². The lowest BCUT2D eigenvalue weighted by atomic mass is 9.91. The summed E-state index contributed by atoms with van der Waals surface area (Å²) in [7, 11) is 0. The zero-order valence-electron chi connectivity index (χ0n) is 20.4. The fourth-order valence-electron chi connectivity index (χ4n) is 4.74. The van der Waals surface area contributed by atoms with Gasteiger partial charge in [0.05, 0.1) is 42.9 Å². The van der Waals surface area contributed by atoms with Crippen molar-refractivity contribution in [3.05, 3.63) is 48.5 Å². The molecule has 2 amide bonds. The predicted octanol–water partition coefficient (Wildman–Crippen LogP) is 3.00. The molecule has 190 valence electrons. The average Bonchev–Trinajstić information content (AvgIpc) is 2.94. The molecule has 36 heavy (non-hydrogen) atoms. The SMILES string of the molecule is NCCCOc1ccc2c(C3CCN(C(=O)Nc4ccc(N5CCOCC5)nc4)CC3)ncnc2c1. The number of piperidine rings is 1. The van der Waals surface area contributed by atoms with E-state index >= 15 is 0 Å². The van der Waals surface area contributed by atoms with Crippen LogP contribution in [0.5, 0.6) is 5.75 Å². The minimum absolute atomic E-state index is 0.0961. The Morgan fingerprint density at radius 3 is 2.67 bits per heavy atom. The van der Waals surface area contributed by atoms with Gasteiger partial charge in [0.1, 0.15) is 17.9 Å². The smallest absolute Gasteiger partial charge is 0.321 e. The number of carbonyl (C=O) groups is 1. The summed E-state index contributed by atoms with van der Waals surface area (Å²) >= 11 is 0. The molecule has 10 nitrogen and oxygen atoms in total. The van der Waals surface area contributed by atoms with Crippen molar-refractivity contribution in [2.45, 2.75) is 25.2 Å². The normalized spacial score (nSPS) is 16.8. The van der Waals surface area contributed by atoms with Gasteiger partial charge >= 0.3 is 6.03 Å². The number of nitrogens with zero attached hydrogens (tertiary/aromatic N) is 5. The largest absolute Gasteiger partial charge is 0.493 e. The number of carbonyl (C=O) groups excluding carboxylic acids is 1. The second-order valence-electron chi connectivity index (χ2n) is 9.12. The van der Waals surface area contributed by atoms with Crippen molar-refractivity contribution in [2.24, 2.45) is 5.73 Å². The molecule has 0 aliphatic carbocycles. The second kappa shape index (κ2) is 11.5. The highest BCUT2D eigenvalue weighted by atomic mass is 16.5. The number of amides is 2. The molecule has 1 aromatic carbocycles. The van der Waals surface area contributed by atoms with Gasteiger partial charge in [0.25, 0.3) is 0 Å². The van der Waals surface area contributed by atoms with Crippen LogP contribution in [0.25, 0.3) is 10.9 Å². The van der Waals surface area contributed by atoms with Gasteiger partial charge in [-0.25, -0.2) is 19.7 Å². The minimum atomic E-state index is -0.0961. The van der Waals surface area contributed by atoms with Crippen LogP contribution in [0.2, 0.25) is 0 Å². The molecule has 10 heteroatoms. The standard InChI is InChI=1S/C26H33N7O3/c27-8-1-13-36-21-3-4-22-23(16-21)29-18-30-25(22)19-6-9-33(10-7-19)26(34)31-20-2-5-24(28-17-20)32-11-14-35-15-12-32/h2-5,16-19H,1,6-15,27H2,(H,31,34). The Kier molecular flexibility index (Phi) is 7.73. The van der Waals surface area contributed by atoms with Crippen molar-refractivity contribution < 1.29 is 14.3 Å². The number of pyridine rings is 1. The highest BCUT2D eigenvalue weighted by molar-refractivity contribution is 5.89. The first-order valence-corrected chi connectivity index (χ1v) is 12.6. The number of nitrogens with two attached hydrogens (primary N) is 1. The first-order valence-electron chi connectivity index (χ1n) is 12.6. The molecular weight excluding hydrogens is 458 g/mol. The second-order valence-corrected chi connectivity index (χ2v) is 9.12. The molecular formula is C26H33N7O3. The van der Waals surface area contributed by atoms with Crippen LogP contribution in [0, 0.1) is 0 Å². The van der Waals surface area contributed by atoms with Crippen molar-refractivity contribution in [1.29, 1.82) is 0 Å². The van der Waals surface area contributed by atoms with E-state index in [9.17, 15) is 4.79 Å². The van der Waals surface area contributed by atoms with E-state index in [4.69, 9.17) is 15.2 Å². The molecule has 0 unspecified atom stereocenters. The molecule has 3 N–H and O–H groups in total. The fraction of sp³-hybridized carbons (Fsp3) is 0.462. The Morgan fingerprint density at radius 1 is 1.08 bits per heavy atom. The number of hydrogen-bond acceptors (Lipinski definition) is 8. The van der Waals surface area contributed by atoms with Crippen molar-refractivity contribution in [3.63, 3.8) is 0 Å². The number of nitrogens with one attached hydrogen (secondary N) is 1. The lowest BCUT2D eigenvalue weighted by Gasteiger charge is -2.32. The molecule has 0 atom stereocenters. The van der Waals surface area contributed by atoms with Crippen molar-refractivity contribution in [2.75, 3.05) is 62.8 Å². The van der Waals surface area contributed by atoms with Gasteiger partial charge in [-0.2, -0.15) is 0 Å². The third-order valence-electron chi connectivity index (χ3n) is 6.76. The summed E-state index contributed by atoms with van der Waals surface area (Å²) in [4.78, 5) is 30.5. The Hall–Kier alpha value is -3.50. The summed E-state index contributed by atoms with van der Waals surface area (Å²) in [5, 5.41) is 4.03. The number of aromatic nitrogens is 3. The first-order chi connectivity index (χ1) is 17.7. The summed E-state index contributed by atoms with van der Waals surface area (Å²) in [6, 6.07) is 9.71. The van der Waals surface area contributed by atoms with Gasteiger partial charge in [0.15, 0.2) is 0 Å². The zero-order chi connectivity index (χ0) is 24.7. The van der Waals surface area contributed by atoms with E-state index in [0.29, 0.717) is 45.1 Å². The van der Waals surface area contributed by atoms with Crippen molar-refractivity contribution in [1.82, 2.24) is 19.9 Å². The molecule has 4 heterocycles. The van der Waals surface area contributed by atoms with Crippen LogP contribution in [0.4, 0.5) is 16.3 Å². The molecule has 2 saturated heterocycles. The van der Waals surface area contributed by atoms with Crippen molar-refractivity contribution in [3.8, 4) is 5.75 Å². The van der Waals surface area contributed by atoms with Crippen LogP contribution in [0.15, 0.2) is 42.9 Å². The highest BCUT2D eigenvalue weighted by Crippen LogP contribution is 2.32. The molecule has 0 spiro atoms. The molecule has 3 aromatic rings. The number of urea groups is 1. The van der Waals surface area contributed by atoms with Crippen LogP contribution in [-0.2, 0) is 4.74 Å². The van der Waals surface area contributed by atoms with Gasteiger partial charge in [-0.3, -0.25) is 0 Å². The topological polar surface area (TPSA) is 119 Å². The minimum Gasteiger partial charge on any atom is -0.493 e. The van der Waals surface area contributed by atoms with E-state index in [1.165, 1.54) is 0 Å². The maximum atomic E-state index is 12.9. The summed E-state index contributed by atoms with van der Waals surface area (Å²) in [5.41, 5.74) is 8.16. The van der Waals surface area contributed by atoms with Gasteiger partial charge in [-0.15, -0.1) is 0 Å².